The summed E-state index contributed by atoms with van der Waals surface area (Å²) in [7, 11) is 0. The summed E-state index contributed by atoms with van der Waals surface area (Å²) in [5.74, 6) is -0.152. The number of aromatic nitrogens is 2. The molecule has 0 N–H and O–H groups in total. The normalized spacial score (nSPS) is 12.0. The monoisotopic (exact) mass is 442 g/mol. The van der Waals surface area contributed by atoms with Gasteiger partial charge in [-0.25, -0.2) is 4.98 Å². The highest BCUT2D eigenvalue weighted by atomic mass is 79.9. The zero-order valence-electron chi connectivity index (χ0n) is 12.1. The first-order chi connectivity index (χ1) is 11.6. The van der Waals surface area contributed by atoms with Gasteiger partial charge >= 0.3 is 0 Å². The van der Waals surface area contributed by atoms with E-state index in [1.54, 1.807) is 24.4 Å². The second kappa shape index (κ2) is 5.72. The van der Waals surface area contributed by atoms with Crippen LogP contribution in [0.5, 0.6) is 0 Å². The Bertz CT molecular complexity index is 1030. The zero-order chi connectivity index (χ0) is 16.8. The molecular formula is C18H8Br2N2O2. The summed E-state index contributed by atoms with van der Waals surface area (Å²) in [6.45, 7) is 0. The Morgan fingerprint density at radius 2 is 1.58 bits per heavy atom. The minimum absolute atomic E-state index is 0.152. The number of nitrogens with zero attached hydrogens (tertiary/aromatic N) is 2. The van der Waals surface area contributed by atoms with Crippen molar-refractivity contribution in [3.63, 3.8) is 0 Å². The van der Waals surface area contributed by atoms with Crippen LogP contribution in [0.15, 0.2) is 51.5 Å². The van der Waals surface area contributed by atoms with Gasteiger partial charge in [0, 0.05) is 31.2 Å². The molecule has 0 radical (unpaired) electrons. The van der Waals surface area contributed by atoms with Crippen molar-refractivity contribution in [1.82, 2.24) is 9.97 Å². The number of aldehydes is 1. The molecule has 0 saturated heterocycles. The maximum Gasteiger partial charge on any atom is 0.214 e. The van der Waals surface area contributed by atoms with Crippen molar-refractivity contribution in [2.45, 2.75) is 0 Å². The zero-order valence-corrected chi connectivity index (χ0v) is 15.3. The van der Waals surface area contributed by atoms with Crippen molar-refractivity contribution >= 4 is 43.9 Å². The highest BCUT2D eigenvalue weighted by Crippen LogP contribution is 2.36. The maximum atomic E-state index is 12.6. The lowest BCUT2D eigenvalue weighted by Crippen LogP contribution is -2.01. The van der Waals surface area contributed by atoms with Crippen molar-refractivity contribution in [3.05, 3.63) is 68.4 Å². The first-order valence-corrected chi connectivity index (χ1v) is 8.64. The molecule has 0 amide bonds. The molecule has 4 nitrogen and oxygen atoms in total. The number of fused-ring (bicyclic) bond motifs is 3. The number of rotatable bonds is 2. The number of hydrogen-bond donors (Lipinski definition) is 0. The summed E-state index contributed by atoms with van der Waals surface area (Å²) in [5, 5.41) is 0. The molecule has 0 fully saturated rings. The fourth-order valence-electron chi connectivity index (χ4n) is 2.78. The van der Waals surface area contributed by atoms with Crippen molar-refractivity contribution in [3.8, 4) is 22.5 Å². The number of ketones is 1. The van der Waals surface area contributed by atoms with Gasteiger partial charge in [0.1, 0.15) is 11.4 Å². The molecule has 116 valence electrons. The second-order valence-corrected chi connectivity index (χ2v) is 7.15. The molecule has 0 atom stereocenters. The molecule has 24 heavy (non-hydrogen) atoms. The minimum Gasteiger partial charge on any atom is -0.298 e. The van der Waals surface area contributed by atoms with E-state index >= 15 is 0 Å². The van der Waals surface area contributed by atoms with Crippen LogP contribution >= 0.6 is 31.9 Å². The highest BCUT2D eigenvalue weighted by molar-refractivity contribution is 9.10. The van der Waals surface area contributed by atoms with Crippen molar-refractivity contribution in [2.75, 3.05) is 0 Å². The maximum absolute atomic E-state index is 12.6. The summed E-state index contributed by atoms with van der Waals surface area (Å²) in [5.41, 5.74) is 3.91. The smallest absolute Gasteiger partial charge is 0.214 e. The van der Waals surface area contributed by atoms with E-state index < -0.39 is 0 Å². The average molecular weight is 444 g/mol. The summed E-state index contributed by atoms with van der Waals surface area (Å²) in [6.07, 6.45) is 2.36. The van der Waals surface area contributed by atoms with Gasteiger partial charge in [-0.1, -0.05) is 44.0 Å². The van der Waals surface area contributed by atoms with E-state index in [2.05, 4.69) is 41.8 Å². The predicted molar refractivity (Wildman–Crippen MR) is 97.1 cm³/mol. The summed E-state index contributed by atoms with van der Waals surface area (Å²) < 4.78 is 1.63. The van der Waals surface area contributed by atoms with E-state index in [4.69, 9.17) is 0 Å². The van der Waals surface area contributed by atoms with Crippen LogP contribution < -0.4 is 0 Å². The van der Waals surface area contributed by atoms with Gasteiger partial charge in [0.25, 0.3) is 0 Å². The SMILES string of the molecule is O=Cc1cc(Br)ccc1-c1cnc2c(n1)C(=O)c1cc(Br)ccc1-2. The van der Waals surface area contributed by atoms with Crippen LogP contribution in [0.1, 0.15) is 26.4 Å². The molecule has 0 spiro atoms. The van der Waals surface area contributed by atoms with E-state index in [9.17, 15) is 9.59 Å². The van der Waals surface area contributed by atoms with E-state index in [-0.39, 0.29) is 5.78 Å². The number of benzene rings is 2. The Morgan fingerprint density at radius 3 is 2.33 bits per heavy atom. The van der Waals surface area contributed by atoms with Crippen LogP contribution in [0.3, 0.4) is 0 Å². The van der Waals surface area contributed by atoms with Crippen LogP contribution in [0.2, 0.25) is 0 Å². The highest BCUT2D eigenvalue weighted by Gasteiger charge is 2.30. The number of hydrogen-bond acceptors (Lipinski definition) is 4. The Balaban J connectivity index is 1.89. The molecule has 1 heterocycles. The van der Waals surface area contributed by atoms with Gasteiger partial charge < -0.3 is 0 Å². The molecule has 0 bridgehead atoms. The van der Waals surface area contributed by atoms with Crippen LogP contribution in [0.4, 0.5) is 0 Å². The fraction of sp³-hybridized carbons (Fsp3) is 0. The quantitative estimate of drug-likeness (QED) is 0.421. The Morgan fingerprint density at radius 1 is 0.875 bits per heavy atom. The lowest BCUT2D eigenvalue weighted by Gasteiger charge is -2.06. The molecule has 4 rings (SSSR count). The van der Waals surface area contributed by atoms with Gasteiger partial charge in [-0.2, -0.15) is 0 Å². The second-order valence-electron chi connectivity index (χ2n) is 5.32. The Labute approximate surface area is 154 Å². The number of halogens is 2. The minimum atomic E-state index is -0.152. The van der Waals surface area contributed by atoms with Gasteiger partial charge in [-0.05, 0) is 24.3 Å². The molecular weight excluding hydrogens is 436 g/mol. The molecule has 0 saturated carbocycles. The van der Waals surface area contributed by atoms with E-state index in [1.807, 2.05) is 18.2 Å². The third-order valence-electron chi connectivity index (χ3n) is 3.89. The number of carbonyl (C=O) groups excluding carboxylic acids is 2. The molecule has 6 heteroatoms. The van der Waals surface area contributed by atoms with E-state index in [0.29, 0.717) is 33.8 Å². The first kappa shape index (κ1) is 15.4. The van der Waals surface area contributed by atoms with Gasteiger partial charge in [0.05, 0.1) is 11.9 Å². The molecule has 2 aromatic carbocycles. The van der Waals surface area contributed by atoms with Gasteiger partial charge in [-0.3, -0.25) is 14.6 Å². The van der Waals surface area contributed by atoms with Gasteiger partial charge in [0.15, 0.2) is 6.29 Å². The largest absolute Gasteiger partial charge is 0.298 e. The van der Waals surface area contributed by atoms with Crippen molar-refractivity contribution < 1.29 is 9.59 Å². The predicted octanol–water partition coefficient (Wildman–Crippen LogP) is 4.69. The molecule has 1 aromatic heterocycles. The van der Waals surface area contributed by atoms with Crippen LogP contribution in [-0.2, 0) is 0 Å². The Kier molecular flexibility index (Phi) is 3.66. The van der Waals surface area contributed by atoms with E-state index in [0.717, 1.165) is 20.8 Å². The molecule has 1 aliphatic carbocycles. The first-order valence-electron chi connectivity index (χ1n) is 7.05. The van der Waals surface area contributed by atoms with Crippen molar-refractivity contribution in [2.24, 2.45) is 0 Å². The lowest BCUT2D eigenvalue weighted by molar-refractivity contribution is 0.103. The lowest BCUT2D eigenvalue weighted by atomic mass is 10.1. The van der Waals surface area contributed by atoms with Crippen LogP contribution in [0, 0.1) is 0 Å². The van der Waals surface area contributed by atoms with Crippen LogP contribution in [0.25, 0.3) is 22.5 Å². The third-order valence-corrected chi connectivity index (χ3v) is 4.87. The molecule has 0 aliphatic heterocycles. The van der Waals surface area contributed by atoms with E-state index in [1.165, 1.54) is 0 Å². The van der Waals surface area contributed by atoms with Gasteiger partial charge in [-0.15, -0.1) is 0 Å². The standard InChI is InChI=1S/C18H8Br2N2O2/c19-10-1-3-12(9(5-10)8-23)15-7-21-16-13-4-2-11(20)6-14(13)18(24)17(16)22-15/h1-8H. The summed E-state index contributed by atoms with van der Waals surface area (Å²) in [6, 6.07) is 10.8. The van der Waals surface area contributed by atoms with Crippen LogP contribution in [-0.4, -0.2) is 22.0 Å². The fourth-order valence-corrected chi connectivity index (χ4v) is 3.52. The van der Waals surface area contributed by atoms with Gasteiger partial charge in [0.2, 0.25) is 5.78 Å². The average Bonchev–Trinajstić information content (AvgIpc) is 2.86. The molecule has 1 aliphatic rings. The summed E-state index contributed by atoms with van der Waals surface area (Å²) in [4.78, 5) is 32.9. The van der Waals surface area contributed by atoms with Crippen molar-refractivity contribution in [1.29, 1.82) is 0 Å². The third kappa shape index (κ3) is 2.34. The topological polar surface area (TPSA) is 59.9 Å². The molecule has 0 unspecified atom stereocenters. The summed E-state index contributed by atoms with van der Waals surface area (Å²) >= 11 is 6.72. The number of carbonyl (C=O) groups is 2. The Hall–Kier alpha value is -2.18. The molecule has 3 aromatic rings.